The summed E-state index contributed by atoms with van der Waals surface area (Å²) >= 11 is 0. The second kappa shape index (κ2) is 9.57. The highest BCUT2D eigenvalue weighted by atomic mass is 16.8. The molecule has 2 fully saturated rings. The molecule has 2 aliphatic heterocycles. The molecule has 0 radical (unpaired) electrons. The summed E-state index contributed by atoms with van der Waals surface area (Å²) in [6.45, 7) is 2.63. The first-order valence-corrected chi connectivity index (χ1v) is 9.52. The first-order valence-electron chi connectivity index (χ1n) is 9.52. The molecule has 8 nitrogen and oxygen atoms in total. The predicted molar refractivity (Wildman–Crippen MR) is 95.6 cm³/mol. The summed E-state index contributed by atoms with van der Waals surface area (Å²) in [5.41, 5.74) is 0.787. The molecule has 27 heavy (non-hydrogen) atoms. The Morgan fingerprint density at radius 1 is 1.22 bits per heavy atom. The maximum absolute atomic E-state index is 11.5. The average molecular weight is 381 g/mol. The van der Waals surface area contributed by atoms with Crippen molar-refractivity contribution in [2.75, 3.05) is 13.2 Å². The number of ether oxygens (including phenoxy) is 4. The Bertz CT molecular complexity index is 599. The number of aliphatic hydroxyl groups excluding tert-OH is 1. The molecule has 0 spiro atoms. The van der Waals surface area contributed by atoms with Crippen molar-refractivity contribution in [3.63, 3.8) is 0 Å². The van der Waals surface area contributed by atoms with Gasteiger partial charge in [-0.15, -0.1) is 0 Å². The number of unbranched alkanes of at least 4 members (excludes halogenated alkanes) is 3. The molecule has 0 unspecified atom stereocenters. The minimum Gasteiger partial charge on any atom is -0.383 e. The molecule has 2 aliphatic rings. The number of hydrogen-bond acceptors (Lipinski definition) is 7. The van der Waals surface area contributed by atoms with Gasteiger partial charge in [-0.3, -0.25) is 10.1 Å². The molecule has 8 heteroatoms. The Labute approximate surface area is 158 Å². The standard InChI is InChI=1S/C19H27NO7/c1-2-3-4-8-11-24-19-15(20(22)23)16(21)17-14(26-19)12-25-18(27-17)13-9-6-5-7-10-13/h5-7,9-10,14-19,21H,2-4,8,11-12H2,1H3/t14-,15-,16-,17+,18-,19-/m1/s1. The van der Waals surface area contributed by atoms with Crippen molar-refractivity contribution in [3.05, 3.63) is 46.0 Å². The van der Waals surface area contributed by atoms with E-state index in [1.165, 1.54) is 0 Å². The zero-order chi connectivity index (χ0) is 19.2. The fraction of sp³-hybridized carbons (Fsp3) is 0.684. The van der Waals surface area contributed by atoms with Crippen LogP contribution < -0.4 is 0 Å². The molecule has 1 N–H and O–H groups in total. The van der Waals surface area contributed by atoms with Crippen LogP contribution in [-0.4, -0.2) is 53.9 Å². The van der Waals surface area contributed by atoms with Gasteiger partial charge in [0.1, 0.15) is 12.2 Å². The van der Waals surface area contributed by atoms with Crippen molar-refractivity contribution in [3.8, 4) is 0 Å². The summed E-state index contributed by atoms with van der Waals surface area (Å²) in [4.78, 5) is 11.0. The average Bonchev–Trinajstić information content (AvgIpc) is 2.68. The van der Waals surface area contributed by atoms with E-state index in [1.807, 2.05) is 30.3 Å². The van der Waals surface area contributed by atoms with E-state index in [2.05, 4.69) is 6.92 Å². The molecule has 0 aromatic heterocycles. The van der Waals surface area contributed by atoms with Crippen LogP contribution in [-0.2, 0) is 18.9 Å². The molecule has 150 valence electrons. The second-order valence-corrected chi connectivity index (χ2v) is 6.92. The third kappa shape index (κ3) is 4.83. The van der Waals surface area contributed by atoms with Crippen LogP contribution in [0.2, 0.25) is 0 Å². The number of benzene rings is 1. The normalized spacial score (nSPS) is 33.4. The van der Waals surface area contributed by atoms with Gasteiger partial charge in [-0.25, -0.2) is 0 Å². The van der Waals surface area contributed by atoms with E-state index >= 15 is 0 Å². The van der Waals surface area contributed by atoms with Crippen LogP contribution >= 0.6 is 0 Å². The molecule has 0 bridgehead atoms. The third-order valence-corrected chi connectivity index (χ3v) is 4.93. The number of aliphatic hydroxyl groups is 1. The summed E-state index contributed by atoms with van der Waals surface area (Å²) in [5, 5.41) is 22.2. The van der Waals surface area contributed by atoms with Gasteiger partial charge in [-0.2, -0.15) is 0 Å². The SMILES string of the molecule is CCCCCCO[C@@H]1O[C@@H]2CO[C@@H](c3ccccc3)O[C@@H]2[C@H](O)[C@H]1[N+](=O)[O-]. The number of fused-ring (bicyclic) bond motifs is 1. The van der Waals surface area contributed by atoms with Crippen molar-refractivity contribution in [1.82, 2.24) is 0 Å². The number of rotatable bonds is 8. The van der Waals surface area contributed by atoms with Crippen LogP contribution in [0.25, 0.3) is 0 Å². The van der Waals surface area contributed by atoms with Crippen molar-refractivity contribution in [1.29, 1.82) is 0 Å². The lowest BCUT2D eigenvalue weighted by Gasteiger charge is -2.44. The lowest BCUT2D eigenvalue weighted by atomic mass is 9.96. The van der Waals surface area contributed by atoms with Crippen LogP contribution in [0.1, 0.15) is 44.5 Å². The van der Waals surface area contributed by atoms with Crippen molar-refractivity contribution in [2.45, 2.75) is 69.5 Å². The molecule has 0 saturated carbocycles. The zero-order valence-corrected chi connectivity index (χ0v) is 15.4. The second-order valence-electron chi connectivity index (χ2n) is 6.92. The Morgan fingerprint density at radius 2 is 2.00 bits per heavy atom. The molecule has 0 aliphatic carbocycles. The van der Waals surface area contributed by atoms with Gasteiger partial charge in [0.15, 0.2) is 12.4 Å². The predicted octanol–water partition coefficient (Wildman–Crippen LogP) is 2.43. The van der Waals surface area contributed by atoms with Gasteiger partial charge in [-0.1, -0.05) is 56.5 Å². The van der Waals surface area contributed by atoms with Gasteiger partial charge < -0.3 is 24.1 Å². The minimum atomic E-state index is -1.40. The van der Waals surface area contributed by atoms with Crippen LogP contribution in [0.3, 0.4) is 0 Å². The summed E-state index contributed by atoms with van der Waals surface area (Å²) in [7, 11) is 0. The molecule has 2 heterocycles. The molecule has 1 aromatic rings. The quantitative estimate of drug-likeness (QED) is 0.419. The Hall–Kier alpha value is -1.58. The summed E-state index contributed by atoms with van der Waals surface area (Å²) in [6, 6.07) is 7.86. The molecule has 3 rings (SSSR count). The Balaban J connectivity index is 1.64. The van der Waals surface area contributed by atoms with Gasteiger partial charge >= 0.3 is 0 Å². The van der Waals surface area contributed by atoms with Crippen molar-refractivity contribution in [2.24, 2.45) is 0 Å². The third-order valence-electron chi connectivity index (χ3n) is 4.93. The van der Waals surface area contributed by atoms with Crippen molar-refractivity contribution < 1.29 is 29.0 Å². The van der Waals surface area contributed by atoms with Gasteiger partial charge in [0, 0.05) is 10.5 Å². The van der Waals surface area contributed by atoms with E-state index in [1.54, 1.807) is 0 Å². The van der Waals surface area contributed by atoms with Crippen LogP contribution in [0.15, 0.2) is 30.3 Å². The number of nitro groups is 1. The van der Waals surface area contributed by atoms with Gasteiger partial charge in [-0.05, 0) is 6.42 Å². The fourth-order valence-electron chi connectivity index (χ4n) is 3.45. The van der Waals surface area contributed by atoms with Crippen LogP contribution in [0.5, 0.6) is 0 Å². The van der Waals surface area contributed by atoms with Gasteiger partial charge in [0.05, 0.1) is 13.2 Å². The maximum atomic E-state index is 11.5. The minimum absolute atomic E-state index is 0.168. The molecular formula is C19H27NO7. The van der Waals surface area contributed by atoms with E-state index in [0.717, 1.165) is 31.2 Å². The Morgan fingerprint density at radius 3 is 2.70 bits per heavy atom. The van der Waals surface area contributed by atoms with Crippen molar-refractivity contribution >= 4 is 0 Å². The monoisotopic (exact) mass is 381 g/mol. The molecular weight excluding hydrogens is 354 g/mol. The molecule has 6 atom stereocenters. The topological polar surface area (TPSA) is 100 Å². The smallest absolute Gasteiger partial charge is 0.291 e. The lowest BCUT2D eigenvalue weighted by Crippen LogP contribution is -2.64. The summed E-state index contributed by atoms with van der Waals surface area (Å²) in [5.74, 6) is 0. The number of nitrogens with zero attached hydrogens (tertiary/aromatic N) is 1. The van der Waals surface area contributed by atoms with E-state index in [0.29, 0.717) is 6.61 Å². The lowest BCUT2D eigenvalue weighted by molar-refractivity contribution is -0.578. The first-order chi connectivity index (χ1) is 13.1. The highest BCUT2D eigenvalue weighted by Crippen LogP contribution is 2.35. The Kier molecular flexibility index (Phi) is 7.14. The van der Waals surface area contributed by atoms with Gasteiger partial charge in [0.2, 0.25) is 6.29 Å². The van der Waals surface area contributed by atoms with E-state index < -0.39 is 41.9 Å². The van der Waals surface area contributed by atoms with E-state index in [4.69, 9.17) is 18.9 Å². The van der Waals surface area contributed by atoms with E-state index in [-0.39, 0.29) is 6.61 Å². The van der Waals surface area contributed by atoms with Crippen LogP contribution in [0.4, 0.5) is 0 Å². The summed E-state index contributed by atoms with van der Waals surface area (Å²) in [6.07, 6.45) is -0.633. The highest BCUT2D eigenvalue weighted by Gasteiger charge is 2.55. The number of hydrogen-bond donors (Lipinski definition) is 1. The first kappa shape index (κ1) is 20.2. The highest BCUT2D eigenvalue weighted by molar-refractivity contribution is 5.16. The fourth-order valence-corrected chi connectivity index (χ4v) is 3.45. The molecule has 1 aromatic carbocycles. The molecule has 0 amide bonds. The largest absolute Gasteiger partial charge is 0.383 e. The van der Waals surface area contributed by atoms with Crippen LogP contribution in [0, 0.1) is 10.1 Å². The van der Waals surface area contributed by atoms with E-state index in [9.17, 15) is 15.2 Å². The summed E-state index contributed by atoms with van der Waals surface area (Å²) < 4.78 is 22.9. The zero-order valence-electron chi connectivity index (χ0n) is 15.4. The van der Waals surface area contributed by atoms with Gasteiger partial charge in [0.25, 0.3) is 6.04 Å². The maximum Gasteiger partial charge on any atom is 0.291 e. The molecule has 2 saturated heterocycles.